The van der Waals surface area contributed by atoms with Crippen LogP contribution in [-0.4, -0.2) is 74.3 Å². The molecule has 3 aromatic rings. The van der Waals surface area contributed by atoms with E-state index in [-0.39, 0.29) is 30.2 Å². The second-order valence-electron chi connectivity index (χ2n) is 9.44. The quantitative estimate of drug-likeness (QED) is 0.466. The van der Waals surface area contributed by atoms with Gasteiger partial charge < -0.3 is 24.3 Å². The lowest BCUT2D eigenvalue weighted by atomic mass is 10.00. The predicted octanol–water partition coefficient (Wildman–Crippen LogP) is 1.66. The number of tetrazole rings is 1. The van der Waals surface area contributed by atoms with E-state index in [2.05, 4.69) is 39.3 Å². The first kappa shape index (κ1) is 23.7. The van der Waals surface area contributed by atoms with Crippen molar-refractivity contribution in [2.24, 2.45) is 5.92 Å². The number of aromatic nitrogens is 5. The van der Waals surface area contributed by atoms with Crippen LogP contribution >= 0.6 is 0 Å². The first-order chi connectivity index (χ1) is 17.0. The van der Waals surface area contributed by atoms with Gasteiger partial charge in [0.15, 0.2) is 17.3 Å². The predicted molar refractivity (Wildman–Crippen MR) is 127 cm³/mol. The molecule has 2 atom stereocenters. The van der Waals surface area contributed by atoms with E-state index in [1.54, 1.807) is 10.7 Å². The molecule has 188 valence electrons. The average molecular weight is 485 g/mol. The number of nitrogens with zero attached hydrogens (tertiary/aromatic N) is 5. The van der Waals surface area contributed by atoms with Crippen molar-refractivity contribution >= 4 is 10.9 Å². The Morgan fingerprint density at radius 1 is 1.20 bits per heavy atom. The lowest BCUT2D eigenvalue weighted by molar-refractivity contribution is 0.0819. The summed E-state index contributed by atoms with van der Waals surface area (Å²) in [7, 11) is 0. The molecule has 1 fully saturated rings. The van der Waals surface area contributed by atoms with Crippen LogP contribution in [0.1, 0.15) is 44.1 Å². The van der Waals surface area contributed by atoms with Crippen molar-refractivity contribution < 1.29 is 19.3 Å². The van der Waals surface area contributed by atoms with Crippen molar-refractivity contribution in [3.63, 3.8) is 0 Å². The average Bonchev–Trinajstić information content (AvgIpc) is 3.51. The SMILES string of the molecule is CC(C)[C@H](c1nnnn1C[C@H]1CCCO1)N(CCO)Cc1cc2cc3c(cc2[nH]c1=O)OCCO3. The molecule has 0 unspecified atom stereocenters. The van der Waals surface area contributed by atoms with Gasteiger partial charge in [0.05, 0.1) is 30.8 Å². The molecule has 0 radical (unpaired) electrons. The highest BCUT2D eigenvalue weighted by atomic mass is 16.6. The zero-order valence-corrected chi connectivity index (χ0v) is 20.1. The minimum atomic E-state index is -0.200. The van der Waals surface area contributed by atoms with Crippen LogP contribution in [0.4, 0.5) is 0 Å². The fourth-order valence-corrected chi connectivity index (χ4v) is 4.99. The molecule has 1 aromatic carbocycles. The van der Waals surface area contributed by atoms with E-state index >= 15 is 0 Å². The van der Waals surface area contributed by atoms with Crippen LogP contribution in [-0.2, 0) is 17.8 Å². The number of ether oxygens (including phenoxy) is 3. The Labute approximate surface area is 203 Å². The topological polar surface area (TPSA) is 128 Å². The highest BCUT2D eigenvalue weighted by molar-refractivity contribution is 5.83. The van der Waals surface area contributed by atoms with Crippen LogP contribution in [0.2, 0.25) is 0 Å². The van der Waals surface area contributed by atoms with Gasteiger partial charge in [-0.3, -0.25) is 9.69 Å². The van der Waals surface area contributed by atoms with Gasteiger partial charge in [0.2, 0.25) is 0 Å². The van der Waals surface area contributed by atoms with Crippen LogP contribution in [0.3, 0.4) is 0 Å². The number of hydrogen-bond donors (Lipinski definition) is 2. The molecule has 4 heterocycles. The summed E-state index contributed by atoms with van der Waals surface area (Å²) in [5.74, 6) is 2.14. The zero-order chi connectivity index (χ0) is 24.4. The first-order valence-electron chi connectivity index (χ1n) is 12.2. The summed E-state index contributed by atoms with van der Waals surface area (Å²) in [6, 6.07) is 5.37. The van der Waals surface area contributed by atoms with Crippen LogP contribution in [0.15, 0.2) is 23.0 Å². The summed E-state index contributed by atoms with van der Waals surface area (Å²) in [6.07, 6.45) is 2.12. The molecule has 5 rings (SSSR count). The van der Waals surface area contributed by atoms with Crippen molar-refractivity contribution in [3.05, 3.63) is 39.9 Å². The first-order valence-corrected chi connectivity index (χ1v) is 12.2. The lowest BCUT2D eigenvalue weighted by Gasteiger charge is -2.33. The Hall–Kier alpha value is -3.02. The van der Waals surface area contributed by atoms with Gasteiger partial charge in [-0.15, -0.1) is 5.10 Å². The summed E-state index contributed by atoms with van der Waals surface area (Å²) in [6.45, 7) is 7.16. The number of nitrogens with one attached hydrogen (secondary N) is 1. The Bertz CT molecular complexity index is 1220. The molecule has 0 bridgehead atoms. The molecule has 0 amide bonds. The minimum absolute atomic E-state index is 0.0549. The maximum atomic E-state index is 13.0. The monoisotopic (exact) mass is 484 g/mol. The number of H-pyrrole nitrogens is 1. The van der Waals surface area contributed by atoms with Crippen LogP contribution in [0.25, 0.3) is 10.9 Å². The molecule has 2 aliphatic heterocycles. The fraction of sp³-hybridized carbons (Fsp3) is 0.583. The van der Waals surface area contributed by atoms with Gasteiger partial charge in [0.25, 0.3) is 5.56 Å². The maximum Gasteiger partial charge on any atom is 0.252 e. The number of hydrogen-bond acceptors (Lipinski definition) is 9. The molecule has 2 N–H and O–H groups in total. The van der Waals surface area contributed by atoms with Crippen molar-refractivity contribution in [2.45, 2.75) is 51.9 Å². The largest absolute Gasteiger partial charge is 0.486 e. The van der Waals surface area contributed by atoms with Crippen molar-refractivity contribution in [1.82, 2.24) is 30.1 Å². The van der Waals surface area contributed by atoms with Gasteiger partial charge >= 0.3 is 0 Å². The second-order valence-corrected chi connectivity index (χ2v) is 9.44. The molecular formula is C24H32N6O5. The Balaban J connectivity index is 1.46. The van der Waals surface area contributed by atoms with Crippen molar-refractivity contribution in [1.29, 1.82) is 0 Å². The molecule has 2 aromatic heterocycles. The number of aromatic amines is 1. The van der Waals surface area contributed by atoms with Crippen LogP contribution in [0, 0.1) is 5.92 Å². The molecule has 1 saturated heterocycles. The van der Waals surface area contributed by atoms with Gasteiger partial charge in [-0.25, -0.2) is 4.68 Å². The normalized spacial score (nSPS) is 18.6. The molecule has 2 aliphatic rings. The molecular weight excluding hydrogens is 452 g/mol. The number of aliphatic hydroxyl groups excluding tert-OH is 1. The van der Waals surface area contributed by atoms with Crippen LogP contribution < -0.4 is 15.0 Å². The molecule has 35 heavy (non-hydrogen) atoms. The lowest BCUT2D eigenvalue weighted by Crippen LogP contribution is -2.37. The maximum absolute atomic E-state index is 13.0. The number of fused-ring (bicyclic) bond motifs is 2. The third-order valence-electron chi connectivity index (χ3n) is 6.59. The van der Waals surface area contributed by atoms with E-state index in [0.717, 1.165) is 24.8 Å². The standard InChI is InChI=1S/C24H32N6O5/c1-15(2)22(23-26-27-28-30(23)14-18-4-3-7-33-18)29(5-6-31)13-17-10-16-11-20-21(35-9-8-34-20)12-19(16)25-24(17)32/h10-12,15,18,22,31H,3-9,13-14H2,1-2H3,(H,25,32)/t18-,22-/m1/s1. The fourth-order valence-electron chi connectivity index (χ4n) is 4.99. The van der Waals surface area contributed by atoms with Gasteiger partial charge in [-0.1, -0.05) is 13.8 Å². The Kier molecular flexibility index (Phi) is 6.98. The number of benzene rings is 1. The molecule has 11 nitrogen and oxygen atoms in total. The van der Waals surface area contributed by atoms with Gasteiger partial charge in [-0.05, 0) is 41.3 Å². The third-order valence-corrected chi connectivity index (χ3v) is 6.59. The molecule has 11 heteroatoms. The molecule has 0 saturated carbocycles. The highest BCUT2D eigenvalue weighted by Crippen LogP contribution is 2.34. The van der Waals surface area contributed by atoms with Crippen molar-refractivity contribution in [2.75, 3.05) is 33.0 Å². The highest BCUT2D eigenvalue weighted by Gasteiger charge is 2.31. The van der Waals surface area contributed by atoms with E-state index in [4.69, 9.17) is 14.2 Å². The third kappa shape index (κ3) is 5.02. The smallest absolute Gasteiger partial charge is 0.252 e. The number of aliphatic hydroxyl groups is 1. The summed E-state index contributed by atoms with van der Waals surface area (Å²) in [4.78, 5) is 18.1. The number of rotatable bonds is 9. The Morgan fingerprint density at radius 3 is 2.71 bits per heavy atom. The van der Waals surface area contributed by atoms with E-state index in [0.29, 0.717) is 61.3 Å². The molecule has 0 spiro atoms. The van der Waals surface area contributed by atoms with Crippen LogP contribution in [0.5, 0.6) is 11.5 Å². The van der Waals surface area contributed by atoms with Gasteiger partial charge in [0.1, 0.15) is 13.2 Å². The van der Waals surface area contributed by atoms with E-state index in [1.807, 2.05) is 12.1 Å². The summed E-state index contributed by atoms with van der Waals surface area (Å²) in [5.41, 5.74) is 1.10. The zero-order valence-electron chi connectivity index (χ0n) is 20.1. The Morgan fingerprint density at radius 2 is 2.00 bits per heavy atom. The van der Waals surface area contributed by atoms with E-state index < -0.39 is 0 Å². The summed E-state index contributed by atoms with van der Waals surface area (Å²) < 4.78 is 18.9. The van der Waals surface area contributed by atoms with Crippen molar-refractivity contribution in [3.8, 4) is 11.5 Å². The molecule has 0 aliphatic carbocycles. The number of pyridine rings is 1. The van der Waals surface area contributed by atoms with E-state index in [1.165, 1.54) is 0 Å². The van der Waals surface area contributed by atoms with E-state index in [9.17, 15) is 9.90 Å². The van der Waals surface area contributed by atoms with Gasteiger partial charge in [0, 0.05) is 36.7 Å². The van der Waals surface area contributed by atoms with Gasteiger partial charge in [-0.2, -0.15) is 0 Å². The second kappa shape index (κ2) is 10.3. The summed E-state index contributed by atoms with van der Waals surface area (Å²) in [5, 5.41) is 23.3. The minimum Gasteiger partial charge on any atom is -0.486 e. The summed E-state index contributed by atoms with van der Waals surface area (Å²) >= 11 is 0.